The van der Waals surface area contributed by atoms with Crippen molar-refractivity contribution in [3.8, 4) is 11.4 Å². The molecule has 0 aliphatic carbocycles. The highest BCUT2D eigenvalue weighted by Gasteiger charge is 2.37. The second-order valence-electron chi connectivity index (χ2n) is 7.89. The molecule has 3 amide bonds. The van der Waals surface area contributed by atoms with Crippen LogP contribution in [-0.4, -0.2) is 44.5 Å². The quantitative estimate of drug-likeness (QED) is 0.414. The summed E-state index contributed by atoms with van der Waals surface area (Å²) in [6.07, 6.45) is 0. The standard InChI is InChI=1S/C25H19FN6O4/c1-3-36-18-8-5-16(6-9-18)31-24(34)19-10-4-15(12-20(19)25(31)35)23(33)27-22-13-17(7-11-21(22)26)32-14(2)28-29-30-32/h4-13H,3H2,1-2H3,(H,27,33). The fourth-order valence-corrected chi connectivity index (χ4v) is 3.88. The van der Waals surface area contributed by atoms with E-state index in [1.807, 2.05) is 6.92 Å². The normalized spacial score (nSPS) is 12.6. The van der Waals surface area contributed by atoms with Crippen molar-refractivity contribution in [2.75, 3.05) is 16.8 Å². The van der Waals surface area contributed by atoms with E-state index in [0.717, 1.165) is 4.90 Å². The summed E-state index contributed by atoms with van der Waals surface area (Å²) in [6, 6.07) is 14.8. The molecule has 11 heteroatoms. The number of carbonyl (C=O) groups is 3. The first-order valence-corrected chi connectivity index (χ1v) is 11.0. The topological polar surface area (TPSA) is 119 Å². The Morgan fingerprint density at radius 2 is 1.69 bits per heavy atom. The van der Waals surface area contributed by atoms with Crippen LogP contribution in [0, 0.1) is 12.7 Å². The maximum absolute atomic E-state index is 14.4. The van der Waals surface area contributed by atoms with Crippen LogP contribution < -0.4 is 15.0 Å². The average molecular weight is 486 g/mol. The molecule has 1 aliphatic heterocycles. The Labute approximate surface area is 204 Å². The number of amides is 3. The predicted molar refractivity (Wildman–Crippen MR) is 127 cm³/mol. The maximum Gasteiger partial charge on any atom is 0.266 e. The average Bonchev–Trinajstić information content (AvgIpc) is 3.41. The number of hydrogen-bond donors (Lipinski definition) is 1. The summed E-state index contributed by atoms with van der Waals surface area (Å²) in [4.78, 5) is 40.0. The zero-order chi connectivity index (χ0) is 25.4. The molecule has 10 nitrogen and oxygen atoms in total. The molecular formula is C25H19FN6O4. The maximum atomic E-state index is 14.4. The smallest absolute Gasteiger partial charge is 0.266 e. The van der Waals surface area contributed by atoms with E-state index in [1.165, 1.54) is 41.1 Å². The van der Waals surface area contributed by atoms with Crippen LogP contribution in [0.15, 0.2) is 60.7 Å². The Balaban J connectivity index is 1.40. The van der Waals surface area contributed by atoms with E-state index in [2.05, 4.69) is 20.8 Å². The molecule has 0 spiro atoms. The summed E-state index contributed by atoms with van der Waals surface area (Å²) in [5.74, 6) is -1.27. The van der Waals surface area contributed by atoms with Crippen LogP contribution in [0.1, 0.15) is 43.8 Å². The molecule has 0 saturated carbocycles. The van der Waals surface area contributed by atoms with Crippen LogP contribution in [0.4, 0.5) is 15.8 Å². The number of aromatic nitrogens is 4. The number of halogens is 1. The molecule has 1 aliphatic rings. The third-order valence-electron chi connectivity index (χ3n) is 5.62. The molecular weight excluding hydrogens is 467 g/mol. The molecule has 1 aromatic heterocycles. The summed E-state index contributed by atoms with van der Waals surface area (Å²) in [5.41, 5.74) is 1.09. The molecule has 0 fully saturated rings. The molecule has 180 valence electrons. The van der Waals surface area contributed by atoms with Gasteiger partial charge in [-0.25, -0.2) is 9.29 Å². The zero-order valence-electron chi connectivity index (χ0n) is 19.2. The van der Waals surface area contributed by atoms with Crippen LogP contribution in [0.25, 0.3) is 5.69 Å². The predicted octanol–water partition coefficient (Wildman–Crippen LogP) is 3.56. The first-order chi connectivity index (χ1) is 17.4. The second kappa shape index (κ2) is 9.02. The lowest BCUT2D eigenvalue weighted by Gasteiger charge is -2.14. The zero-order valence-corrected chi connectivity index (χ0v) is 19.2. The van der Waals surface area contributed by atoms with Gasteiger partial charge in [-0.15, -0.1) is 5.10 Å². The minimum absolute atomic E-state index is 0.0834. The number of ether oxygens (including phenoxy) is 1. The SMILES string of the molecule is CCOc1ccc(N2C(=O)c3ccc(C(=O)Nc4cc(-n5nnnc5C)ccc4F)cc3C2=O)cc1. The molecule has 4 aromatic rings. The number of imide groups is 1. The van der Waals surface area contributed by atoms with Gasteiger partial charge in [0.25, 0.3) is 17.7 Å². The number of nitrogens with one attached hydrogen (secondary N) is 1. The van der Waals surface area contributed by atoms with E-state index in [9.17, 15) is 18.8 Å². The van der Waals surface area contributed by atoms with E-state index in [0.29, 0.717) is 29.6 Å². The van der Waals surface area contributed by atoms with E-state index >= 15 is 0 Å². The van der Waals surface area contributed by atoms with E-state index in [4.69, 9.17) is 4.74 Å². The summed E-state index contributed by atoms with van der Waals surface area (Å²) < 4.78 is 21.2. The number of carbonyl (C=O) groups excluding carboxylic acids is 3. The van der Waals surface area contributed by atoms with Gasteiger partial charge in [0.1, 0.15) is 11.6 Å². The minimum Gasteiger partial charge on any atom is -0.494 e. The number of fused-ring (bicyclic) bond motifs is 1. The fraction of sp³-hybridized carbons (Fsp3) is 0.120. The Bertz CT molecular complexity index is 1520. The van der Waals surface area contributed by atoms with E-state index in [1.54, 1.807) is 31.2 Å². The van der Waals surface area contributed by atoms with Crippen molar-refractivity contribution < 1.29 is 23.5 Å². The summed E-state index contributed by atoms with van der Waals surface area (Å²) in [7, 11) is 0. The van der Waals surface area contributed by atoms with Crippen LogP contribution in [-0.2, 0) is 0 Å². The summed E-state index contributed by atoms with van der Waals surface area (Å²) in [6.45, 7) is 4.02. The largest absolute Gasteiger partial charge is 0.494 e. The minimum atomic E-state index is -0.660. The van der Waals surface area contributed by atoms with Gasteiger partial charge in [0.15, 0.2) is 5.82 Å². The van der Waals surface area contributed by atoms with Gasteiger partial charge in [-0.2, -0.15) is 4.68 Å². The van der Waals surface area contributed by atoms with Gasteiger partial charge in [-0.3, -0.25) is 14.4 Å². The van der Waals surface area contributed by atoms with E-state index in [-0.39, 0.29) is 22.4 Å². The Morgan fingerprint density at radius 3 is 2.39 bits per heavy atom. The van der Waals surface area contributed by atoms with Gasteiger partial charge in [0.05, 0.1) is 34.8 Å². The van der Waals surface area contributed by atoms with Crippen molar-refractivity contribution in [2.24, 2.45) is 0 Å². The number of anilines is 2. The second-order valence-corrected chi connectivity index (χ2v) is 7.89. The highest BCUT2D eigenvalue weighted by molar-refractivity contribution is 6.34. The molecule has 0 bridgehead atoms. The summed E-state index contributed by atoms with van der Waals surface area (Å²) in [5, 5.41) is 13.7. The van der Waals surface area contributed by atoms with Crippen LogP contribution >= 0.6 is 0 Å². The van der Waals surface area contributed by atoms with Gasteiger partial charge in [0, 0.05) is 5.56 Å². The highest BCUT2D eigenvalue weighted by Crippen LogP contribution is 2.30. The van der Waals surface area contributed by atoms with Crippen molar-refractivity contribution in [2.45, 2.75) is 13.8 Å². The van der Waals surface area contributed by atoms with Crippen molar-refractivity contribution in [3.63, 3.8) is 0 Å². The molecule has 5 rings (SSSR count). The lowest BCUT2D eigenvalue weighted by atomic mass is 10.1. The Kier molecular flexibility index (Phi) is 5.72. The number of nitrogens with zero attached hydrogens (tertiary/aromatic N) is 5. The Morgan fingerprint density at radius 1 is 0.972 bits per heavy atom. The summed E-state index contributed by atoms with van der Waals surface area (Å²) >= 11 is 0. The van der Waals surface area contributed by atoms with Crippen LogP contribution in [0.5, 0.6) is 5.75 Å². The van der Waals surface area contributed by atoms with Gasteiger partial charge in [-0.1, -0.05) is 0 Å². The Hall–Kier alpha value is -4.93. The number of aryl methyl sites for hydroxylation is 1. The lowest BCUT2D eigenvalue weighted by Crippen LogP contribution is -2.29. The molecule has 0 saturated heterocycles. The molecule has 0 atom stereocenters. The molecule has 3 aromatic carbocycles. The van der Waals surface area contributed by atoms with Crippen LogP contribution in [0.2, 0.25) is 0 Å². The van der Waals surface area contributed by atoms with Gasteiger partial charge in [0.2, 0.25) is 0 Å². The van der Waals surface area contributed by atoms with Crippen molar-refractivity contribution >= 4 is 29.1 Å². The van der Waals surface area contributed by atoms with Crippen molar-refractivity contribution in [1.82, 2.24) is 20.2 Å². The van der Waals surface area contributed by atoms with Gasteiger partial charge >= 0.3 is 0 Å². The molecule has 0 unspecified atom stereocenters. The number of hydrogen-bond acceptors (Lipinski definition) is 7. The van der Waals surface area contributed by atoms with Crippen molar-refractivity contribution in [3.05, 3.63) is 89.0 Å². The third kappa shape index (κ3) is 3.96. The van der Waals surface area contributed by atoms with Crippen LogP contribution in [0.3, 0.4) is 0 Å². The fourth-order valence-electron chi connectivity index (χ4n) is 3.88. The number of tetrazole rings is 1. The number of benzene rings is 3. The first kappa shape index (κ1) is 22.8. The first-order valence-electron chi connectivity index (χ1n) is 11.0. The molecule has 36 heavy (non-hydrogen) atoms. The van der Waals surface area contributed by atoms with Gasteiger partial charge in [-0.05, 0) is 84.9 Å². The lowest BCUT2D eigenvalue weighted by molar-refractivity contribution is 0.0925. The van der Waals surface area contributed by atoms with Gasteiger partial charge < -0.3 is 10.1 Å². The number of rotatable bonds is 6. The molecule has 0 radical (unpaired) electrons. The molecule has 2 heterocycles. The monoisotopic (exact) mass is 486 g/mol. The molecule has 1 N–H and O–H groups in total. The highest BCUT2D eigenvalue weighted by atomic mass is 19.1. The van der Waals surface area contributed by atoms with E-state index < -0.39 is 23.5 Å². The van der Waals surface area contributed by atoms with Crippen molar-refractivity contribution in [1.29, 1.82) is 0 Å². The third-order valence-corrected chi connectivity index (χ3v) is 5.62.